The average molecular weight is 642 g/mol. The molecule has 6 unspecified atom stereocenters. The molecule has 2 aliphatic carbocycles. The Balaban J connectivity index is 1.11. The summed E-state index contributed by atoms with van der Waals surface area (Å²) in [5.41, 5.74) is 1.50. The molecule has 7 atom stereocenters. The molecule has 12 heteroatoms. The van der Waals surface area contributed by atoms with Crippen molar-refractivity contribution in [2.45, 2.75) is 22.6 Å². The number of carboxylic acids is 1. The number of benzene rings is 3. The number of fused-ring (bicyclic) bond motifs is 10. The van der Waals surface area contributed by atoms with Crippen LogP contribution < -0.4 is 14.9 Å². The van der Waals surface area contributed by atoms with Crippen molar-refractivity contribution in [1.82, 2.24) is 9.88 Å². The molecule has 3 aromatic carbocycles. The van der Waals surface area contributed by atoms with Gasteiger partial charge in [0.1, 0.15) is 12.3 Å². The van der Waals surface area contributed by atoms with Gasteiger partial charge in [-0.05, 0) is 41.7 Å². The van der Waals surface area contributed by atoms with Crippen molar-refractivity contribution in [1.29, 1.82) is 0 Å². The van der Waals surface area contributed by atoms with Gasteiger partial charge in [-0.2, -0.15) is 0 Å². The largest absolute Gasteiger partial charge is 0.483 e. The highest BCUT2D eigenvalue weighted by molar-refractivity contribution is 8.00. The topological polar surface area (TPSA) is 146 Å². The number of H-pyrrole nitrogens is 1. The Hall–Kier alpha value is -4.42. The van der Waals surface area contributed by atoms with Gasteiger partial charge < -0.3 is 20.1 Å². The normalized spacial score (nSPS) is 27.7. The SMILES string of the molecule is O=C(O)CN1C(=O)C2C3CC(C2C1=O)C1C3Sc2[nH]c(=O)sc2[C@@H]1c1ccccc1OCC(=O)Nc1cccc2ccccc12. The molecule has 4 aliphatic rings. The van der Waals surface area contributed by atoms with E-state index in [-0.39, 0.29) is 46.3 Å². The van der Waals surface area contributed by atoms with Gasteiger partial charge in [0.15, 0.2) is 6.61 Å². The zero-order valence-electron chi connectivity index (χ0n) is 23.7. The highest BCUT2D eigenvalue weighted by atomic mass is 32.2. The number of likely N-dealkylation sites (tertiary alicyclic amines) is 1. The minimum absolute atomic E-state index is 0.0526. The number of thioether (sulfide) groups is 1. The lowest BCUT2D eigenvalue weighted by Gasteiger charge is -2.43. The number of hydrogen-bond donors (Lipinski definition) is 3. The second-order valence-corrected chi connectivity index (χ2v) is 14.2. The molecule has 3 fully saturated rings. The predicted molar refractivity (Wildman–Crippen MR) is 167 cm³/mol. The van der Waals surface area contributed by atoms with Crippen LogP contribution in [0, 0.1) is 29.6 Å². The summed E-state index contributed by atoms with van der Waals surface area (Å²) in [6.07, 6.45) is 0.683. The Bertz CT molecular complexity index is 1970. The van der Waals surface area contributed by atoms with Crippen molar-refractivity contribution in [3.05, 3.63) is 86.8 Å². The maximum Gasteiger partial charge on any atom is 0.323 e. The fraction of sp³-hybridized carbons (Fsp3) is 0.303. The third-order valence-corrected chi connectivity index (χ3v) is 12.4. The van der Waals surface area contributed by atoms with E-state index in [2.05, 4.69) is 10.3 Å². The molecule has 1 aromatic heterocycles. The number of amides is 3. The fourth-order valence-corrected chi connectivity index (χ4v) is 11.1. The van der Waals surface area contributed by atoms with E-state index in [1.807, 2.05) is 60.7 Å². The molecule has 3 amide bonds. The lowest BCUT2D eigenvalue weighted by molar-refractivity contribution is -0.149. The lowest BCUT2D eigenvalue weighted by atomic mass is 9.68. The van der Waals surface area contributed by atoms with Gasteiger partial charge in [-0.1, -0.05) is 65.9 Å². The number of aromatic amines is 1. The Kier molecular flexibility index (Phi) is 6.61. The molecule has 4 aromatic rings. The Labute approximate surface area is 264 Å². The minimum Gasteiger partial charge on any atom is -0.483 e. The summed E-state index contributed by atoms with van der Waals surface area (Å²) < 4.78 is 6.18. The van der Waals surface area contributed by atoms with E-state index in [4.69, 9.17) is 4.74 Å². The lowest BCUT2D eigenvalue weighted by Crippen LogP contribution is -2.42. The van der Waals surface area contributed by atoms with E-state index in [0.717, 1.165) is 42.5 Å². The first-order chi connectivity index (χ1) is 21.8. The van der Waals surface area contributed by atoms with Crippen molar-refractivity contribution in [3.8, 4) is 5.75 Å². The van der Waals surface area contributed by atoms with Gasteiger partial charge in [0, 0.05) is 32.7 Å². The van der Waals surface area contributed by atoms with Crippen LogP contribution in [0.1, 0.15) is 22.8 Å². The number of thiazole rings is 1. The standard InChI is InChI=1S/C33H27N3O7S2/c37-22(34-20-10-5-7-15-6-1-2-8-16(15)20)14-43-21-11-4-3-9-17(21)24-25-18-12-19(28(25)44-30-29(24)45-33(42)35-30)27-26(18)31(40)36(32(27)41)13-23(38)39/h1-11,18-19,24-28H,12-14H2,(H,34,37)(H,35,42)(H,38,39)/t18?,19?,24-,25?,26?,27?,28?/m1/s1. The second-order valence-electron chi connectivity index (χ2n) is 12.0. The average Bonchev–Trinajstić information content (AvgIpc) is 3.76. The summed E-state index contributed by atoms with van der Waals surface area (Å²) in [6, 6.07) is 21.0. The van der Waals surface area contributed by atoms with Crippen LogP contribution in [0.15, 0.2) is 76.6 Å². The molecule has 1 saturated heterocycles. The molecular formula is C33H27N3O7S2. The van der Waals surface area contributed by atoms with Gasteiger partial charge in [-0.25, -0.2) is 0 Å². The summed E-state index contributed by atoms with van der Waals surface area (Å²) in [5.74, 6) is -3.65. The summed E-state index contributed by atoms with van der Waals surface area (Å²) in [7, 11) is 0. The van der Waals surface area contributed by atoms with Crippen LogP contribution in [0.2, 0.25) is 0 Å². The number of aromatic nitrogens is 1. The molecule has 3 heterocycles. The number of aliphatic carboxylic acids is 1. The van der Waals surface area contributed by atoms with E-state index >= 15 is 0 Å². The van der Waals surface area contributed by atoms with Crippen LogP contribution in [0.5, 0.6) is 5.75 Å². The van der Waals surface area contributed by atoms with Crippen LogP contribution in [-0.2, 0) is 19.2 Å². The third kappa shape index (κ3) is 4.41. The van der Waals surface area contributed by atoms with Gasteiger partial charge in [-0.15, -0.1) is 11.8 Å². The third-order valence-electron chi connectivity index (χ3n) is 9.79. The van der Waals surface area contributed by atoms with Gasteiger partial charge in [0.05, 0.1) is 16.9 Å². The number of hydrogen-bond acceptors (Lipinski definition) is 8. The van der Waals surface area contributed by atoms with Crippen molar-refractivity contribution < 1.29 is 29.0 Å². The Morgan fingerprint density at radius 1 is 0.956 bits per heavy atom. The summed E-state index contributed by atoms with van der Waals surface area (Å²) in [4.78, 5) is 68.6. The molecule has 228 valence electrons. The predicted octanol–water partition coefficient (Wildman–Crippen LogP) is 4.17. The maximum absolute atomic E-state index is 13.5. The Morgan fingerprint density at radius 3 is 2.51 bits per heavy atom. The highest BCUT2D eigenvalue weighted by Gasteiger charge is 2.69. The van der Waals surface area contributed by atoms with Crippen LogP contribution in [0.4, 0.5) is 5.69 Å². The minimum atomic E-state index is -1.22. The molecule has 8 rings (SSSR count). The fourth-order valence-electron chi connectivity index (χ4n) is 8.25. The van der Waals surface area contributed by atoms with Crippen LogP contribution >= 0.6 is 23.1 Å². The first kappa shape index (κ1) is 28.1. The van der Waals surface area contributed by atoms with Crippen LogP contribution in [-0.4, -0.2) is 57.1 Å². The summed E-state index contributed by atoms with van der Waals surface area (Å²) in [6.45, 7) is -0.867. The first-order valence-electron chi connectivity index (χ1n) is 14.8. The number of ether oxygens (including phenoxy) is 1. The zero-order valence-corrected chi connectivity index (χ0v) is 25.3. The molecule has 0 spiro atoms. The van der Waals surface area contributed by atoms with Crippen LogP contribution in [0.3, 0.4) is 0 Å². The molecule has 2 aliphatic heterocycles. The molecule has 2 saturated carbocycles. The van der Waals surface area contributed by atoms with Crippen molar-refractivity contribution in [2.75, 3.05) is 18.5 Å². The van der Waals surface area contributed by atoms with Gasteiger partial charge >= 0.3 is 10.8 Å². The summed E-state index contributed by atoms with van der Waals surface area (Å²) >= 11 is 2.69. The number of carbonyl (C=O) groups excluding carboxylic acids is 3. The monoisotopic (exact) mass is 641 g/mol. The smallest absolute Gasteiger partial charge is 0.323 e. The number of para-hydroxylation sites is 1. The van der Waals surface area contributed by atoms with E-state index in [0.29, 0.717) is 17.9 Å². The van der Waals surface area contributed by atoms with Crippen molar-refractivity contribution >= 4 is 63.2 Å². The molecule has 3 N–H and O–H groups in total. The maximum atomic E-state index is 13.5. The number of carboxylic acid groups (broad SMARTS) is 1. The van der Waals surface area contributed by atoms with Gasteiger partial charge in [0.2, 0.25) is 11.8 Å². The molecule has 45 heavy (non-hydrogen) atoms. The Morgan fingerprint density at radius 2 is 1.69 bits per heavy atom. The molecule has 2 bridgehead atoms. The van der Waals surface area contributed by atoms with Crippen molar-refractivity contribution in [2.24, 2.45) is 29.6 Å². The van der Waals surface area contributed by atoms with E-state index in [1.54, 1.807) is 17.8 Å². The number of rotatable bonds is 7. The number of anilines is 1. The quantitative estimate of drug-likeness (QED) is 0.255. The van der Waals surface area contributed by atoms with E-state index in [9.17, 15) is 29.1 Å². The molecule has 10 nitrogen and oxygen atoms in total. The summed E-state index contributed by atoms with van der Waals surface area (Å²) in [5, 5.41) is 14.9. The number of nitrogens with one attached hydrogen (secondary N) is 2. The molecule has 0 radical (unpaired) electrons. The number of nitrogens with zero attached hydrogens (tertiary/aromatic N) is 1. The zero-order chi connectivity index (χ0) is 31.0. The first-order valence-corrected chi connectivity index (χ1v) is 16.5. The highest BCUT2D eigenvalue weighted by Crippen LogP contribution is 2.69. The molecular weight excluding hydrogens is 615 g/mol. The second kappa shape index (κ2) is 10.6. The van der Waals surface area contributed by atoms with Crippen LogP contribution in [0.25, 0.3) is 10.8 Å². The van der Waals surface area contributed by atoms with E-state index < -0.39 is 36.2 Å². The van der Waals surface area contributed by atoms with Gasteiger partial charge in [-0.3, -0.25) is 28.9 Å². The van der Waals surface area contributed by atoms with E-state index in [1.165, 1.54) is 0 Å². The number of imide groups is 1. The number of carbonyl (C=O) groups is 4. The van der Waals surface area contributed by atoms with Crippen molar-refractivity contribution in [3.63, 3.8) is 0 Å². The van der Waals surface area contributed by atoms with Gasteiger partial charge in [0.25, 0.3) is 5.91 Å².